The fourth-order valence-corrected chi connectivity index (χ4v) is 4.25. The Morgan fingerprint density at radius 1 is 1.30 bits per heavy atom. The van der Waals surface area contributed by atoms with Crippen LogP contribution in [0.5, 0.6) is 0 Å². The smallest absolute Gasteiger partial charge is 0.181 e. The van der Waals surface area contributed by atoms with E-state index in [1.165, 1.54) is 6.39 Å². The Kier molecular flexibility index (Phi) is 5.16. The number of rotatable bonds is 5. The highest BCUT2D eigenvalue weighted by molar-refractivity contribution is 7.95. The average molecular weight is 382 g/mol. The summed E-state index contributed by atoms with van der Waals surface area (Å²) in [7, 11) is 4.06. The van der Waals surface area contributed by atoms with E-state index in [0.717, 1.165) is 42.5 Å². The number of fused-ring (bicyclic) bond motifs is 1. The fourth-order valence-electron chi connectivity index (χ4n) is 3.66. The lowest BCUT2D eigenvalue weighted by Gasteiger charge is -2.29. The van der Waals surface area contributed by atoms with Gasteiger partial charge in [0.2, 0.25) is 0 Å². The van der Waals surface area contributed by atoms with E-state index in [2.05, 4.69) is 30.3 Å². The van der Waals surface area contributed by atoms with Crippen LogP contribution in [-0.2, 0) is 0 Å². The number of nitrogens with one attached hydrogen (secondary N) is 2. The summed E-state index contributed by atoms with van der Waals surface area (Å²) in [5.74, 6) is 0.345. The number of nitriles is 1. The number of hydrogen-bond acceptors (Lipinski definition) is 7. The Labute approximate surface area is 162 Å². The first-order chi connectivity index (χ1) is 13.2. The van der Waals surface area contributed by atoms with Crippen molar-refractivity contribution in [3.8, 4) is 17.3 Å². The second kappa shape index (κ2) is 7.72. The molecule has 0 bridgehead atoms. The van der Waals surface area contributed by atoms with Crippen molar-refractivity contribution in [1.82, 2.24) is 24.2 Å². The summed E-state index contributed by atoms with van der Waals surface area (Å²) in [5.41, 5.74) is 4.67. The lowest BCUT2D eigenvalue weighted by Crippen LogP contribution is -2.30. The highest BCUT2D eigenvalue weighted by atomic mass is 32.2. The van der Waals surface area contributed by atoms with Crippen molar-refractivity contribution in [1.29, 1.82) is 5.26 Å². The summed E-state index contributed by atoms with van der Waals surface area (Å²) >= 11 is 1.64. The van der Waals surface area contributed by atoms with Gasteiger partial charge in [0.1, 0.15) is 22.8 Å². The van der Waals surface area contributed by atoms with Gasteiger partial charge in [-0.1, -0.05) is 6.07 Å². The molecule has 4 rings (SSSR count). The van der Waals surface area contributed by atoms with Gasteiger partial charge in [-0.25, -0.2) is 14.0 Å². The molecule has 0 saturated heterocycles. The quantitative estimate of drug-likeness (QED) is 0.648. The topological polar surface area (TPSA) is 93.8 Å². The minimum Gasteiger partial charge on any atom is -0.443 e. The van der Waals surface area contributed by atoms with Crippen LogP contribution in [0.3, 0.4) is 0 Å². The maximum Gasteiger partial charge on any atom is 0.181 e. The van der Waals surface area contributed by atoms with Crippen LogP contribution < -0.4 is 4.72 Å². The molecule has 0 spiro atoms. The zero-order valence-corrected chi connectivity index (χ0v) is 16.2. The van der Waals surface area contributed by atoms with Gasteiger partial charge in [0.05, 0.1) is 5.69 Å². The van der Waals surface area contributed by atoms with Crippen molar-refractivity contribution >= 4 is 23.2 Å². The van der Waals surface area contributed by atoms with Gasteiger partial charge in [-0.2, -0.15) is 10.4 Å². The Hall–Kier alpha value is -2.34. The van der Waals surface area contributed by atoms with Gasteiger partial charge >= 0.3 is 0 Å². The highest BCUT2D eigenvalue weighted by Gasteiger charge is 2.27. The predicted molar refractivity (Wildman–Crippen MR) is 106 cm³/mol. The first kappa shape index (κ1) is 18.0. The summed E-state index contributed by atoms with van der Waals surface area (Å²) in [6, 6.07) is 8.60. The number of aromatic nitrogens is 3. The molecule has 2 N–H and O–H groups in total. The third-order valence-electron chi connectivity index (χ3n) is 5.05. The number of hydrogen-bond donors (Lipinski definition) is 2. The Bertz CT molecular complexity index is 964. The molecule has 1 saturated carbocycles. The van der Waals surface area contributed by atoms with E-state index < -0.39 is 0 Å². The van der Waals surface area contributed by atoms with Crippen molar-refractivity contribution in [2.45, 2.75) is 37.6 Å². The predicted octanol–water partition coefficient (Wildman–Crippen LogP) is 3.83. The van der Waals surface area contributed by atoms with Crippen LogP contribution in [0.15, 0.2) is 29.0 Å². The highest BCUT2D eigenvalue weighted by Crippen LogP contribution is 2.37. The van der Waals surface area contributed by atoms with Crippen LogP contribution in [0.1, 0.15) is 42.9 Å². The molecule has 0 atom stereocenters. The molecule has 0 unspecified atom stereocenters. The lowest BCUT2D eigenvalue weighted by atomic mass is 9.83. The van der Waals surface area contributed by atoms with E-state index in [1.54, 1.807) is 12.1 Å². The van der Waals surface area contributed by atoms with Crippen LogP contribution in [0.25, 0.3) is 22.4 Å². The monoisotopic (exact) mass is 382 g/mol. The number of benzene rings is 1. The van der Waals surface area contributed by atoms with Gasteiger partial charge in [0.25, 0.3) is 0 Å². The summed E-state index contributed by atoms with van der Waals surface area (Å²) in [4.78, 5) is 4.14. The van der Waals surface area contributed by atoms with Crippen molar-refractivity contribution in [2.75, 3.05) is 14.1 Å². The summed E-state index contributed by atoms with van der Waals surface area (Å²) in [6.45, 7) is 0. The normalized spacial score (nSPS) is 20.2. The molecule has 0 amide bonds. The van der Waals surface area contributed by atoms with E-state index in [-0.39, 0.29) is 0 Å². The first-order valence-corrected chi connectivity index (χ1v) is 9.85. The maximum absolute atomic E-state index is 9.78. The number of aromatic amines is 1. The molecular weight excluding hydrogens is 360 g/mol. The number of H-pyrrole nitrogens is 1. The minimum atomic E-state index is 0.345. The van der Waals surface area contributed by atoms with E-state index in [4.69, 9.17) is 4.42 Å². The largest absolute Gasteiger partial charge is 0.443 e. The minimum absolute atomic E-state index is 0.345. The zero-order valence-electron chi connectivity index (χ0n) is 15.4. The van der Waals surface area contributed by atoms with Gasteiger partial charge in [0, 0.05) is 29.7 Å². The van der Waals surface area contributed by atoms with Crippen molar-refractivity contribution in [3.63, 3.8) is 0 Å². The molecule has 3 aromatic rings. The van der Waals surface area contributed by atoms with Crippen molar-refractivity contribution in [2.24, 2.45) is 0 Å². The summed E-state index contributed by atoms with van der Waals surface area (Å²) < 4.78 is 10.9. The molecule has 2 aromatic heterocycles. The van der Waals surface area contributed by atoms with E-state index in [9.17, 15) is 5.26 Å². The molecule has 8 heteroatoms. The standard InChI is InChI=1S/C19H22N6OS/c1-25(2)27-24-14-6-3-12(4-7-14)18-15(10-20)19(23-22-18)13-5-8-16-17(9-13)26-11-21-16/h5,8-9,11-12,14,24H,3-4,6-7H2,1-2H3,(H,22,23). The molecule has 1 fully saturated rings. The van der Waals surface area contributed by atoms with E-state index in [0.29, 0.717) is 28.8 Å². The Balaban J connectivity index is 1.53. The average Bonchev–Trinajstić information content (AvgIpc) is 3.32. The molecule has 140 valence electrons. The summed E-state index contributed by atoms with van der Waals surface area (Å²) in [6.07, 6.45) is 5.70. The molecule has 1 aromatic carbocycles. The molecular formula is C19H22N6OS. The first-order valence-electron chi connectivity index (χ1n) is 9.07. The fraction of sp³-hybridized carbons (Fsp3) is 0.421. The van der Waals surface area contributed by atoms with E-state index in [1.807, 2.05) is 32.3 Å². The van der Waals surface area contributed by atoms with Crippen LogP contribution in [0, 0.1) is 11.3 Å². The van der Waals surface area contributed by atoms with E-state index >= 15 is 0 Å². The second-order valence-corrected chi connectivity index (χ2v) is 8.23. The van der Waals surface area contributed by atoms with Crippen molar-refractivity contribution < 1.29 is 4.42 Å². The van der Waals surface area contributed by atoms with Gasteiger partial charge in [-0.05, 0) is 51.9 Å². The molecule has 1 aliphatic rings. The lowest BCUT2D eigenvalue weighted by molar-refractivity contribution is 0.374. The van der Waals surface area contributed by atoms with Gasteiger partial charge < -0.3 is 4.42 Å². The van der Waals surface area contributed by atoms with Gasteiger partial charge in [-0.15, -0.1) is 0 Å². The van der Waals surface area contributed by atoms with Crippen LogP contribution in [0.4, 0.5) is 0 Å². The third-order valence-corrected chi connectivity index (χ3v) is 5.85. The Morgan fingerprint density at radius 3 is 2.85 bits per heavy atom. The molecule has 27 heavy (non-hydrogen) atoms. The SMILES string of the molecule is CN(C)SNC1CCC(c2[nH]nc(-c3ccc4ncoc4c3)c2C#N)CC1. The summed E-state index contributed by atoms with van der Waals surface area (Å²) in [5, 5.41) is 17.4. The molecule has 2 heterocycles. The third kappa shape index (κ3) is 3.72. The zero-order chi connectivity index (χ0) is 18.8. The van der Waals surface area contributed by atoms with Crippen molar-refractivity contribution in [3.05, 3.63) is 35.9 Å². The molecule has 0 aliphatic heterocycles. The van der Waals surface area contributed by atoms with Gasteiger partial charge in [0.15, 0.2) is 12.0 Å². The molecule has 0 radical (unpaired) electrons. The van der Waals surface area contributed by atoms with Crippen LogP contribution in [-0.4, -0.2) is 39.6 Å². The number of oxazole rings is 1. The molecule has 1 aliphatic carbocycles. The van der Waals surface area contributed by atoms with Crippen LogP contribution >= 0.6 is 12.1 Å². The second-order valence-electron chi connectivity index (χ2n) is 7.08. The van der Waals surface area contributed by atoms with Gasteiger partial charge in [-0.3, -0.25) is 5.10 Å². The molecule has 7 nitrogen and oxygen atoms in total. The Morgan fingerprint density at radius 2 is 2.11 bits per heavy atom. The number of nitrogens with zero attached hydrogens (tertiary/aromatic N) is 4. The van der Waals surface area contributed by atoms with Crippen LogP contribution in [0.2, 0.25) is 0 Å². The maximum atomic E-state index is 9.78.